The summed E-state index contributed by atoms with van der Waals surface area (Å²) in [7, 11) is 0. The van der Waals surface area contributed by atoms with E-state index in [0.29, 0.717) is 24.0 Å². The summed E-state index contributed by atoms with van der Waals surface area (Å²) in [5.74, 6) is -0.527. The minimum absolute atomic E-state index is 0.0266. The van der Waals surface area contributed by atoms with Crippen LogP contribution in [-0.2, 0) is 6.42 Å². The Morgan fingerprint density at radius 1 is 1.17 bits per heavy atom. The van der Waals surface area contributed by atoms with E-state index in [-0.39, 0.29) is 16.5 Å². The van der Waals surface area contributed by atoms with E-state index in [1.165, 1.54) is 17.7 Å². The number of hydrogen-bond donors (Lipinski definition) is 0. The van der Waals surface area contributed by atoms with Crippen LogP contribution in [0.25, 0.3) is 0 Å². The molecular formula is C18H16Cl2FNO. The fraction of sp³-hybridized carbons (Fsp3) is 0.278. The maximum atomic E-state index is 13.9. The van der Waals surface area contributed by atoms with E-state index < -0.39 is 5.82 Å². The summed E-state index contributed by atoms with van der Waals surface area (Å²) in [6.45, 7) is 1.24. The zero-order valence-electron chi connectivity index (χ0n) is 12.4. The topological polar surface area (TPSA) is 20.3 Å². The van der Waals surface area contributed by atoms with Crippen molar-refractivity contribution in [2.24, 2.45) is 5.92 Å². The molecule has 23 heavy (non-hydrogen) atoms. The number of likely N-dealkylation sites (tertiary alicyclic amines) is 1. The monoisotopic (exact) mass is 351 g/mol. The van der Waals surface area contributed by atoms with Crippen LogP contribution in [0.5, 0.6) is 0 Å². The van der Waals surface area contributed by atoms with Gasteiger partial charge >= 0.3 is 0 Å². The average molecular weight is 352 g/mol. The Balaban J connectivity index is 1.67. The molecule has 2 aromatic rings. The first-order valence-electron chi connectivity index (χ1n) is 7.52. The molecule has 2 nitrogen and oxygen atoms in total. The number of hydrogen-bond acceptors (Lipinski definition) is 1. The van der Waals surface area contributed by atoms with Gasteiger partial charge in [0.2, 0.25) is 0 Å². The van der Waals surface area contributed by atoms with E-state index in [0.717, 1.165) is 12.8 Å². The number of benzene rings is 2. The molecule has 0 aromatic heterocycles. The van der Waals surface area contributed by atoms with Gasteiger partial charge in [0.05, 0.1) is 10.6 Å². The third-order valence-electron chi connectivity index (χ3n) is 4.19. The SMILES string of the molecule is O=C(c1c(F)cccc1Cl)N1CCC(Cc2ccc(Cl)cc2)C1. The average Bonchev–Trinajstić information content (AvgIpc) is 2.98. The maximum absolute atomic E-state index is 13.9. The molecule has 0 aliphatic carbocycles. The van der Waals surface area contributed by atoms with Gasteiger partial charge in [-0.3, -0.25) is 4.79 Å². The second-order valence-corrected chi connectivity index (χ2v) is 6.68. The van der Waals surface area contributed by atoms with Crippen molar-refractivity contribution in [3.05, 3.63) is 69.5 Å². The lowest BCUT2D eigenvalue weighted by Crippen LogP contribution is -2.30. The summed E-state index contributed by atoms with van der Waals surface area (Å²) in [5.41, 5.74) is 1.17. The molecule has 1 fully saturated rings. The smallest absolute Gasteiger partial charge is 0.258 e. The molecule has 0 N–H and O–H groups in total. The van der Waals surface area contributed by atoms with Crippen LogP contribution in [0.2, 0.25) is 10.0 Å². The molecule has 1 heterocycles. The van der Waals surface area contributed by atoms with Crippen molar-refractivity contribution >= 4 is 29.1 Å². The summed E-state index contributed by atoms with van der Waals surface area (Å²) in [4.78, 5) is 14.2. The van der Waals surface area contributed by atoms with Gasteiger partial charge in [-0.1, -0.05) is 41.4 Å². The lowest BCUT2D eigenvalue weighted by molar-refractivity contribution is 0.0782. The fourth-order valence-electron chi connectivity index (χ4n) is 3.00. The minimum Gasteiger partial charge on any atom is -0.338 e. The summed E-state index contributed by atoms with van der Waals surface area (Å²) in [6, 6.07) is 12.0. The van der Waals surface area contributed by atoms with E-state index in [1.807, 2.05) is 24.3 Å². The van der Waals surface area contributed by atoms with Gasteiger partial charge in [-0.15, -0.1) is 0 Å². The number of nitrogens with zero attached hydrogens (tertiary/aromatic N) is 1. The van der Waals surface area contributed by atoms with Crippen LogP contribution < -0.4 is 0 Å². The Morgan fingerprint density at radius 3 is 2.61 bits per heavy atom. The number of rotatable bonds is 3. The van der Waals surface area contributed by atoms with Gasteiger partial charge < -0.3 is 4.90 Å². The molecule has 120 valence electrons. The van der Waals surface area contributed by atoms with E-state index in [4.69, 9.17) is 23.2 Å². The molecule has 0 radical (unpaired) electrons. The van der Waals surface area contributed by atoms with Crippen molar-refractivity contribution in [1.82, 2.24) is 4.90 Å². The highest BCUT2D eigenvalue weighted by Gasteiger charge is 2.29. The highest BCUT2D eigenvalue weighted by Crippen LogP contribution is 2.26. The van der Waals surface area contributed by atoms with Crippen LogP contribution in [0.3, 0.4) is 0 Å². The summed E-state index contributed by atoms with van der Waals surface area (Å²) in [6.07, 6.45) is 1.78. The van der Waals surface area contributed by atoms with Crippen molar-refractivity contribution < 1.29 is 9.18 Å². The Labute approximate surface area is 144 Å². The molecule has 3 rings (SSSR count). The zero-order valence-corrected chi connectivity index (χ0v) is 13.9. The standard InChI is InChI=1S/C18H16Cl2FNO/c19-14-6-4-12(5-7-14)10-13-8-9-22(11-13)18(23)17-15(20)2-1-3-16(17)21/h1-7,13H,8-11H2. The molecule has 5 heteroatoms. The lowest BCUT2D eigenvalue weighted by Gasteiger charge is -2.18. The number of amides is 1. The molecule has 1 unspecified atom stereocenters. The number of carbonyl (C=O) groups is 1. The Kier molecular flexibility index (Phi) is 4.88. The van der Waals surface area contributed by atoms with E-state index >= 15 is 0 Å². The van der Waals surface area contributed by atoms with Gasteiger partial charge in [0.25, 0.3) is 5.91 Å². The van der Waals surface area contributed by atoms with Crippen molar-refractivity contribution in [1.29, 1.82) is 0 Å². The number of halogens is 3. The van der Waals surface area contributed by atoms with Gasteiger partial charge in [-0.05, 0) is 48.6 Å². The van der Waals surface area contributed by atoms with Crippen LogP contribution in [0.1, 0.15) is 22.3 Å². The van der Waals surface area contributed by atoms with Gasteiger partial charge in [-0.25, -0.2) is 4.39 Å². The Hall–Kier alpha value is -1.58. The largest absolute Gasteiger partial charge is 0.338 e. The molecule has 1 saturated heterocycles. The third-order valence-corrected chi connectivity index (χ3v) is 4.75. The van der Waals surface area contributed by atoms with Crippen LogP contribution in [0.4, 0.5) is 4.39 Å². The van der Waals surface area contributed by atoms with Crippen LogP contribution in [-0.4, -0.2) is 23.9 Å². The van der Waals surface area contributed by atoms with E-state index in [1.54, 1.807) is 11.0 Å². The molecule has 1 amide bonds. The maximum Gasteiger partial charge on any atom is 0.258 e. The minimum atomic E-state index is -0.566. The first kappa shape index (κ1) is 16.3. The van der Waals surface area contributed by atoms with Crippen molar-refractivity contribution in [3.8, 4) is 0 Å². The second-order valence-electron chi connectivity index (χ2n) is 5.83. The quantitative estimate of drug-likeness (QED) is 0.774. The normalized spacial score (nSPS) is 17.5. The summed E-state index contributed by atoms with van der Waals surface area (Å²) in [5, 5.41) is 0.877. The van der Waals surface area contributed by atoms with Crippen molar-refractivity contribution in [3.63, 3.8) is 0 Å². The van der Waals surface area contributed by atoms with Crippen LogP contribution in [0.15, 0.2) is 42.5 Å². The molecule has 2 aromatic carbocycles. The molecule has 0 saturated carbocycles. The van der Waals surface area contributed by atoms with E-state index in [9.17, 15) is 9.18 Å². The van der Waals surface area contributed by atoms with Gasteiger partial charge in [-0.2, -0.15) is 0 Å². The van der Waals surface area contributed by atoms with Gasteiger partial charge in [0.1, 0.15) is 5.82 Å². The van der Waals surface area contributed by atoms with Gasteiger partial charge in [0, 0.05) is 18.1 Å². The summed E-state index contributed by atoms with van der Waals surface area (Å²) >= 11 is 11.9. The molecule has 0 bridgehead atoms. The molecule has 1 aliphatic rings. The molecule has 0 spiro atoms. The molecular weight excluding hydrogens is 336 g/mol. The summed E-state index contributed by atoms with van der Waals surface area (Å²) < 4.78 is 13.9. The Morgan fingerprint density at radius 2 is 1.91 bits per heavy atom. The highest BCUT2D eigenvalue weighted by atomic mass is 35.5. The predicted octanol–water partition coefficient (Wildman–Crippen LogP) is 4.84. The van der Waals surface area contributed by atoms with E-state index in [2.05, 4.69) is 0 Å². The van der Waals surface area contributed by atoms with Crippen LogP contribution in [0, 0.1) is 11.7 Å². The van der Waals surface area contributed by atoms with Gasteiger partial charge in [0.15, 0.2) is 0 Å². The first-order chi connectivity index (χ1) is 11.0. The van der Waals surface area contributed by atoms with Crippen molar-refractivity contribution in [2.45, 2.75) is 12.8 Å². The lowest BCUT2D eigenvalue weighted by atomic mass is 9.99. The zero-order chi connectivity index (χ0) is 16.4. The van der Waals surface area contributed by atoms with Crippen molar-refractivity contribution in [2.75, 3.05) is 13.1 Å². The Bertz CT molecular complexity index is 697. The molecule has 1 aliphatic heterocycles. The fourth-order valence-corrected chi connectivity index (χ4v) is 3.37. The second kappa shape index (κ2) is 6.90. The third kappa shape index (κ3) is 3.67. The first-order valence-corrected chi connectivity index (χ1v) is 8.28. The molecule has 1 atom stereocenters. The number of carbonyl (C=O) groups excluding carboxylic acids is 1. The predicted molar refractivity (Wildman–Crippen MR) is 90.6 cm³/mol. The van der Waals surface area contributed by atoms with Crippen LogP contribution >= 0.6 is 23.2 Å². The highest BCUT2D eigenvalue weighted by molar-refractivity contribution is 6.33.